The minimum atomic E-state index is 0.134. The number of rotatable bonds is 7. The van der Waals surface area contributed by atoms with Gasteiger partial charge in [-0.25, -0.2) is 0 Å². The summed E-state index contributed by atoms with van der Waals surface area (Å²) in [6.07, 6.45) is 0.663. The van der Waals surface area contributed by atoms with Gasteiger partial charge in [-0.1, -0.05) is 23.7 Å². The molecular weight excluding hydrogens is 314 g/mol. The van der Waals surface area contributed by atoms with E-state index < -0.39 is 0 Å². The summed E-state index contributed by atoms with van der Waals surface area (Å²) in [6.45, 7) is 5.32. The van der Waals surface area contributed by atoms with E-state index in [1.807, 2.05) is 29.2 Å². The molecule has 0 saturated carbocycles. The Bertz CT molecular complexity index is 504. The number of carbonyl (C=O) groups is 1. The van der Waals surface area contributed by atoms with E-state index in [-0.39, 0.29) is 12.5 Å². The van der Waals surface area contributed by atoms with Gasteiger partial charge in [-0.2, -0.15) is 0 Å². The van der Waals surface area contributed by atoms with E-state index in [1.165, 1.54) is 0 Å². The van der Waals surface area contributed by atoms with E-state index in [4.69, 9.17) is 16.7 Å². The second-order valence-corrected chi connectivity index (χ2v) is 6.54. The fourth-order valence-electron chi connectivity index (χ4n) is 2.75. The number of amides is 1. The molecule has 1 heterocycles. The van der Waals surface area contributed by atoms with Gasteiger partial charge in [0.25, 0.3) is 0 Å². The van der Waals surface area contributed by atoms with Crippen molar-refractivity contribution < 1.29 is 9.90 Å². The number of benzene rings is 1. The van der Waals surface area contributed by atoms with Crippen LogP contribution in [0.1, 0.15) is 12.0 Å². The number of aliphatic hydroxyl groups excluding tert-OH is 1. The molecule has 1 aromatic carbocycles. The monoisotopic (exact) mass is 339 g/mol. The number of piperazine rings is 1. The minimum absolute atomic E-state index is 0.134. The zero-order valence-electron chi connectivity index (χ0n) is 13.7. The zero-order valence-corrected chi connectivity index (χ0v) is 14.5. The van der Waals surface area contributed by atoms with E-state index in [0.717, 1.165) is 31.7 Å². The highest BCUT2D eigenvalue weighted by Gasteiger charge is 2.21. The summed E-state index contributed by atoms with van der Waals surface area (Å²) >= 11 is 6.04. The Morgan fingerprint density at radius 3 is 2.70 bits per heavy atom. The molecular formula is C17H26ClN3O2. The molecule has 0 unspecified atom stereocenters. The summed E-state index contributed by atoms with van der Waals surface area (Å²) in [4.78, 5) is 18.8. The predicted octanol–water partition coefficient (Wildman–Crippen LogP) is 1.30. The molecule has 23 heavy (non-hydrogen) atoms. The molecule has 2 rings (SSSR count). The largest absolute Gasteiger partial charge is 0.396 e. The second-order valence-electron chi connectivity index (χ2n) is 6.10. The molecule has 0 atom stereocenters. The van der Waals surface area contributed by atoms with Crippen LogP contribution in [0.4, 0.5) is 0 Å². The van der Waals surface area contributed by atoms with Crippen molar-refractivity contribution in [2.45, 2.75) is 13.0 Å². The molecule has 0 spiro atoms. The van der Waals surface area contributed by atoms with E-state index >= 15 is 0 Å². The van der Waals surface area contributed by atoms with Crippen molar-refractivity contribution in [3.8, 4) is 0 Å². The lowest BCUT2D eigenvalue weighted by Gasteiger charge is -2.34. The number of nitrogens with zero attached hydrogens (tertiary/aromatic N) is 3. The highest BCUT2D eigenvalue weighted by Crippen LogP contribution is 2.13. The SMILES string of the molecule is CN1CCN(C(=O)CN(CCCO)Cc2cccc(Cl)c2)CC1. The van der Waals surface area contributed by atoms with Crippen molar-refractivity contribution >= 4 is 17.5 Å². The van der Waals surface area contributed by atoms with Gasteiger partial charge in [-0.05, 0) is 31.2 Å². The third-order valence-electron chi connectivity index (χ3n) is 4.14. The van der Waals surface area contributed by atoms with Crippen LogP contribution in [0, 0.1) is 0 Å². The van der Waals surface area contributed by atoms with Crippen LogP contribution < -0.4 is 0 Å². The lowest BCUT2D eigenvalue weighted by Crippen LogP contribution is -2.50. The molecule has 1 aliphatic heterocycles. The molecule has 0 aliphatic carbocycles. The Kier molecular flexibility index (Phi) is 7.30. The zero-order chi connectivity index (χ0) is 16.7. The van der Waals surface area contributed by atoms with Crippen molar-refractivity contribution in [2.75, 3.05) is 52.9 Å². The van der Waals surface area contributed by atoms with Crippen LogP contribution in [-0.2, 0) is 11.3 Å². The smallest absolute Gasteiger partial charge is 0.236 e. The maximum Gasteiger partial charge on any atom is 0.236 e. The van der Waals surface area contributed by atoms with Crippen LogP contribution in [0.2, 0.25) is 5.02 Å². The molecule has 1 saturated heterocycles. The van der Waals surface area contributed by atoms with Gasteiger partial charge in [0.05, 0.1) is 6.54 Å². The van der Waals surface area contributed by atoms with Gasteiger partial charge in [0, 0.05) is 50.9 Å². The quantitative estimate of drug-likeness (QED) is 0.813. The van der Waals surface area contributed by atoms with Gasteiger partial charge < -0.3 is 14.9 Å². The Morgan fingerprint density at radius 2 is 2.04 bits per heavy atom. The number of hydrogen-bond acceptors (Lipinski definition) is 4. The van der Waals surface area contributed by atoms with E-state index in [2.05, 4.69) is 16.8 Å². The fourth-order valence-corrected chi connectivity index (χ4v) is 2.96. The maximum absolute atomic E-state index is 12.5. The molecule has 1 amide bonds. The van der Waals surface area contributed by atoms with Gasteiger partial charge >= 0.3 is 0 Å². The molecule has 1 fully saturated rings. The first-order chi connectivity index (χ1) is 11.1. The summed E-state index contributed by atoms with van der Waals surface area (Å²) in [5.74, 6) is 0.165. The van der Waals surface area contributed by atoms with E-state index in [1.54, 1.807) is 0 Å². The third-order valence-corrected chi connectivity index (χ3v) is 4.38. The highest BCUT2D eigenvalue weighted by molar-refractivity contribution is 6.30. The summed E-state index contributed by atoms with van der Waals surface area (Å²) in [5, 5.41) is 9.79. The number of likely N-dealkylation sites (N-methyl/N-ethyl adjacent to an activating group) is 1. The van der Waals surface area contributed by atoms with Crippen molar-refractivity contribution in [3.63, 3.8) is 0 Å². The van der Waals surface area contributed by atoms with Crippen LogP contribution in [0.25, 0.3) is 0 Å². The van der Waals surface area contributed by atoms with Gasteiger partial charge in [0.2, 0.25) is 5.91 Å². The maximum atomic E-state index is 12.5. The first kappa shape index (κ1) is 18.2. The summed E-state index contributed by atoms with van der Waals surface area (Å²) in [7, 11) is 2.08. The number of aliphatic hydroxyl groups is 1. The standard InChI is InChI=1S/C17H26ClN3O2/c1-19-7-9-21(10-8-19)17(23)14-20(6-3-11-22)13-15-4-2-5-16(18)12-15/h2,4-5,12,22H,3,6-11,13-14H2,1H3. The topological polar surface area (TPSA) is 47.0 Å². The molecule has 0 bridgehead atoms. The van der Waals surface area contributed by atoms with Crippen LogP contribution in [-0.4, -0.2) is 78.6 Å². The molecule has 6 heteroatoms. The van der Waals surface area contributed by atoms with Gasteiger partial charge in [0.1, 0.15) is 0 Å². The third kappa shape index (κ3) is 6.11. The van der Waals surface area contributed by atoms with Crippen LogP contribution in [0.15, 0.2) is 24.3 Å². The number of carbonyl (C=O) groups excluding carboxylic acids is 1. The first-order valence-electron chi connectivity index (χ1n) is 8.12. The van der Waals surface area contributed by atoms with Crippen LogP contribution in [0.3, 0.4) is 0 Å². The highest BCUT2D eigenvalue weighted by atomic mass is 35.5. The molecule has 5 nitrogen and oxygen atoms in total. The second kappa shape index (κ2) is 9.23. The molecule has 1 aromatic rings. The van der Waals surface area contributed by atoms with Crippen molar-refractivity contribution in [1.82, 2.24) is 14.7 Å². The summed E-state index contributed by atoms with van der Waals surface area (Å²) < 4.78 is 0. The van der Waals surface area contributed by atoms with E-state index in [9.17, 15) is 4.79 Å². The summed E-state index contributed by atoms with van der Waals surface area (Å²) in [5.41, 5.74) is 1.08. The van der Waals surface area contributed by atoms with Crippen molar-refractivity contribution in [1.29, 1.82) is 0 Å². The van der Waals surface area contributed by atoms with E-state index in [0.29, 0.717) is 31.1 Å². The van der Waals surface area contributed by atoms with Crippen LogP contribution in [0.5, 0.6) is 0 Å². The normalized spacial score (nSPS) is 16.1. The molecule has 1 aliphatic rings. The van der Waals surface area contributed by atoms with Gasteiger partial charge in [0.15, 0.2) is 0 Å². The fraction of sp³-hybridized carbons (Fsp3) is 0.588. The molecule has 0 radical (unpaired) electrons. The van der Waals surface area contributed by atoms with Crippen molar-refractivity contribution in [2.24, 2.45) is 0 Å². The average Bonchev–Trinajstić information content (AvgIpc) is 2.53. The number of halogens is 1. The minimum Gasteiger partial charge on any atom is -0.396 e. The Hall–Kier alpha value is -1.14. The lowest BCUT2D eigenvalue weighted by molar-refractivity contribution is -0.134. The van der Waals surface area contributed by atoms with Crippen molar-refractivity contribution in [3.05, 3.63) is 34.9 Å². The number of hydrogen-bond donors (Lipinski definition) is 1. The Morgan fingerprint density at radius 1 is 1.30 bits per heavy atom. The Labute approximate surface area is 143 Å². The van der Waals surface area contributed by atoms with Gasteiger partial charge in [-0.3, -0.25) is 9.69 Å². The first-order valence-corrected chi connectivity index (χ1v) is 8.50. The summed E-state index contributed by atoms with van der Waals surface area (Å²) in [6, 6.07) is 7.70. The average molecular weight is 340 g/mol. The predicted molar refractivity (Wildman–Crippen MR) is 92.5 cm³/mol. The molecule has 128 valence electrons. The Balaban J connectivity index is 1.93. The molecule has 1 N–H and O–H groups in total. The lowest BCUT2D eigenvalue weighted by atomic mass is 10.2. The molecule has 0 aromatic heterocycles. The van der Waals surface area contributed by atoms with Gasteiger partial charge in [-0.15, -0.1) is 0 Å². The van der Waals surface area contributed by atoms with Crippen LogP contribution >= 0.6 is 11.6 Å².